The van der Waals surface area contributed by atoms with E-state index in [0.717, 1.165) is 30.1 Å². The molecule has 6 nitrogen and oxygen atoms in total. The zero-order valence-electron chi connectivity index (χ0n) is 16.6. The van der Waals surface area contributed by atoms with Gasteiger partial charge in [0.2, 0.25) is 0 Å². The van der Waals surface area contributed by atoms with E-state index in [9.17, 15) is 14.7 Å². The molecule has 3 rings (SSSR count). The van der Waals surface area contributed by atoms with Crippen LogP contribution >= 0.6 is 0 Å². The fourth-order valence-corrected chi connectivity index (χ4v) is 3.88. The molecule has 0 saturated carbocycles. The molecule has 29 heavy (non-hydrogen) atoms. The molecule has 0 aliphatic carbocycles. The van der Waals surface area contributed by atoms with Crippen LogP contribution in [0.2, 0.25) is 0 Å². The van der Waals surface area contributed by atoms with Crippen molar-refractivity contribution in [2.24, 2.45) is 5.73 Å². The Morgan fingerprint density at radius 1 is 1.00 bits per heavy atom. The summed E-state index contributed by atoms with van der Waals surface area (Å²) in [6.07, 6.45) is 0.917. The van der Waals surface area contributed by atoms with Gasteiger partial charge in [0, 0.05) is 25.7 Å². The predicted octanol–water partition coefficient (Wildman–Crippen LogP) is 2.55. The van der Waals surface area contributed by atoms with Crippen molar-refractivity contribution in [1.82, 2.24) is 9.80 Å². The number of rotatable bonds is 7. The van der Waals surface area contributed by atoms with Gasteiger partial charge in [0.1, 0.15) is 6.10 Å². The Morgan fingerprint density at radius 2 is 1.55 bits per heavy atom. The first kappa shape index (κ1) is 21.0. The van der Waals surface area contributed by atoms with E-state index in [2.05, 4.69) is 17.0 Å². The van der Waals surface area contributed by atoms with Gasteiger partial charge < -0.3 is 10.8 Å². The van der Waals surface area contributed by atoms with Crippen molar-refractivity contribution in [3.05, 3.63) is 71.8 Å². The average Bonchev–Trinajstić information content (AvgIpc) is 2.74. The lowest BCUT2D eigenvalue weighted by molar-refractivity contribution is -0.139. The lowest BCUT2D eigenvalue weighted by atomic mass is 10.0. The number of aliphatic hydroxyl groups is 1. The maximum Gasteiger partial charge on any atom is 0.321 e. The van der Waals surface area contributed by atoms with Gasteiger partial charge >= 0.3 is 6.03 Å². The molecule has 0 bridgehead atoms. The molecule has 0 unspecified atom stereocenters. The summed E-state index contributed by atoms with van der Waals surface area (Å²) in [5.74, 6) is -0.588. The maximum absolute atomic E-state index is 12.7. The molecule has 1 aliphatic heterocycles. The SMILES string of the molecule is NC(=O)N(C(=O)[C@@H](O)CCc1ccccc1)C1CCN(Cc2ccccc2)CC1. The highest BCUT2D eigenvalue weighted by Crippen LogP contribution is 2.20. The number of aryl methyl sites for hydroxylation is 1. The zero-order chi connectivity index (χ0) is 20.6. The van der Waals surface area contributed by atoms with Gasteiger partial charge in [0.15, 0.2) is 0 Å². The minimum absolute atomic E-state index is 0.263. The summed E-state index contributed by atoms with van der Waals surface area (Å²) in [5, 5.41) is 10.4. The molecule has 0 aromatic heterocycles. The van der Waals surface area contributed by atoms with E-state index in [0.29, 0.717) is 19.3 Å². The van der Waals surface area contributed by atoms with Crippen LogP contribution in [0.4, 0.5) is 4.79 Å². The highest BCUT2D eigenvalue weighted by atomic mass is 16.3. The molecule has 1 saturated heterocycles. The van der Waals surface area contributed by atoms with Crippen LogP contribution in [0.3, 0.4) is 0 Å². The number of carbonyl (C=O) groups excluding carboxylic acids is 2. The van der Waals surface area contributed by atoms with Crippen molar-refractivity contribution in [3.63, 3.8) is 0 Å². The van der Waals surface area contributed by atoms with Gasteiger partial charge in [-0.05, 0) is 36.8 Å². The predicted molar refractivity (Wildman–Crippen MR) is 112 cm³/mol. The maximum atomic E-state index is 12.7. The van der Waals surface area contributed by atoms with Crippen LogP contribution in [0.5, 0.6) is 0 Å². The normalized spacial score (nSPS) is 16.3. The molecule has 2 aromatic rings. The Balaban J connectivity index is 1.54. The van der Waals surface area contributed by atoms with E-state index < -0.39 is 18.0 Å². The van der Waals surface area contributed by atoms with Crippen LogP contribution in [0.1, 0.15) is 30.4 Å². The number of amides is 3. The number of hydrogen-bond acceptors (Lipinski definition) is 4. The number of urea groups is 1. The van der Waals surface area contributed by atoms with Gasteiger partial charge in [-0.2, -0.15) is 0 Å². The van der Waals surface area contributed by atoms with E-state index in [4.69, 9.17) is 5.73 Å². The third-order valence-corrected chi connectivity index (χ3v) is 5.48. The first-order valence-corrected chi connectivity index (χ1v) is 10.2. The monoisotopic (exact) mass is 395 g/mol. The van der Waals surface area contributed by atoms with Crippen molar-refractivity contribution in [3.8, 4) is 0 Å². The van der Waals surface area contributed by atoms with Crippen LogP contribution in [0, 0.1) is 0 Å². The molecule has 0 spiro atoms. The minimum Gasteiger partial charge on any atom is -0.383 e. The largest absolute Gasteiger partial charge is 0.383 e. The van der Waals surface area contributed by atoms with Crippen molar-refractivity contribution in [2.45, 2.75) is 44.4 Å². The summed E-state index contributed by atoms with van der Waals surface area (Å²) in [6, 6.07) is 18.8. The number of nitrogens with two attached hydrogens (primary N) is 1. The van der Waals surface area contributed by atoms with Crippen molar-refractivity contribution in [1.29, 1.82) is 0 Å². The number of imide groups is 1. The molecule has 2 aromatic carbocycles. The molecule has 1 atom stereocenters. The van der Waals surface area contributed by atoms with E-state index in [1.165, 1.54) is 5.56 Å². The quantitative estimate of drug-likeness (QED) is 0.754. The molecule has 154 valence electrons. The fraction of sp³-hybridized carbons (Fsp3) is 0.391. The second-order valence-corrected chi connectivity index (χ2v) is 7.58. The van der Waals surface area contributed by atoms with E-state index >= 15 is 0 Å². The smallest absolute Gasteiger partial charge is 0.321 e. The number of nitrogens with zero attached hydrogens (tertiary/aromatic N) is 2. The van der Waals surface area contributed by atoms with Crippen molar-refractivity contribution < 1.29 is 14.7 Å². The van der Waals surface area contributed by atoms with Crippen LogP contribution in [0.25, 0.3) is 0 Å². The lowest BCUT2D eigenvalue weighted by Crippen LogP contribution is -2.54. The van der Waals surface area contributed by atoms with Crippen molar-refractivity contribution in [2.75, 3.05) is 13.1 Å². The number of carbonyl (C=O) groups is 2. The van der Waals surface area contributed by atoms with Gasteiger partial charge in [-0.1, -0.05) is 60.7 Å². The first-order chi connectivity index (χ1) is 14.0. The minimum atomic E-state index is -1.23. The average molecular weight is 396 g/mol. The summed E-state index contributed by atoms with van der Waals surface area (Å²) in [4.78, 5) is 28.1. The van der Waals surface area contributed by atoms with Gasteiger partial charge in [0.25, 0.3) is 5.91 Å². The number of hydrogen-bond donors (Lipinski definition) is 2. The summed E-state index contributed by atoms with van der Waals surface area (Å²) in [7, 11) is 0. The van der Waals surface area contributed by atoms with Crippen LogP contribution in [-0.2, 0) is 17.8 Å². The number of likely N-dealkylation sites (tertiary alicyclic amines) is 1. The summed E-state index contributed by atoms with van der Waals surface area (Å²) >= 11 is 0. The Labute approximate surface area is 171 Å². The Morgan fingerprint density at radius 3 is 2.10 bits per heavy atom. The molecular weight excluding hydrogens is 366 g/mol. The highest BCUT2D eigenvalue weighted by molar-refractivity contribution is 5.96. The second kappa shape index (κ2) is 10.2. The summed E-state index contributed by atoms with van der Waals surface area (Å²) in [5.41, 5.74) is 7.79. The number of primary amides is 1. The number of piperidine rings is 1. The summed E-state index contributed by atoms with van der Waals surface area (Å²) < 4.78 is 0. The van der Waals surface area contributed by atoms with Gasteiger partial charge in [0.05, 0.1) is 0 Å². The molecule has 3 N–H and O–H groups in total. The Bertz CT molecular complexity index is 790. The number of benzene rings is 2. The second-order valence-electron chi connectivity index (χ2n) is 7.58. The van der Waals surface area contributed by atoms with Gasteiger partial charge in [-0.15, -0.1) is 0 Å². The van der Waals surface area contributed by atoms with Gasteiger partial charge in [-0.3, -0.25) is 14.6 Å². The van der Waals surface area contributed by atoms with E-state index in [-0.39, 0.29) is 12.5 Å². The topological polar surface area (TPSA) is 86.9 Å². The molecule has 6 heteroatoms. The Hall–Kier alpha value is -2.70. The van der Waals surface area contributed by atoms with Crippen molar-refractivity contribution >= 4 is 11.9 Å². The molecule has 1 fully saturated rings. The molecule has 1 aliphatic rings. The Kier molecular flexibility index (Phi) is 7.38. The third-order valence-electron chi connectivity index (χ3n) is 5.48. The summed E-state index contributed by atoms with van der Waals surface area (Å²) in [6.45, 7) is 2.39. The zero-order valence-corrected chi connectivity index (χ0v) is 16.6. The molecule has 1 heterocycles. The first-order valence-electron chi connectivity index (χ1n) is 10.2. The molecule has 0 radical (unpaired) electrons. The molecular formula is C23H29N3O3. The van der Waals surface area contributed by atoms with E-state index in [1.54, 1.807) is 0 Å². The fourth-order valence-electron chi connectivity index (χ4n) is 3.88. The van der Waals surface area contributed by atoms with Crippen LogP contribution < -0.4 is 5.73 Å². The highest BCUT2D eigenvalue weighted by Gasteiger charge is 2.34. The number of aliphatic hydroxyl groups excluding tert-OH is 1. The lowest BCUT2D eigenvalue weighted by Gasteiger charge is -2.37. The van der Waals surface area contributed by atoms with E-state index in [1.807, 2.05) is 48.5 Å². The van der Waals surface area contributed by atoms with Crippen LogP contribution in [-0.4, -0.2) is 52.1 Å². The molecule has 3 amide bonds. The van der Waals surface area contributed by atoms with Gasteiger partial charge in [-0.25, -0.2) is 4.79 Å². The van der Waals surface area contributed by atoms with Crippen LogP contribution in [0.15, 0.2) is 60.7 Å². The third kappa shape index (κ3) is 5.89. The standard InChI is InChI=1S/C23H29N3O3/c24-23(29)26(22(28)21(27)12-11-18-7-3-1-4-8-18)20-13-15-25(16-14-20)17-19-9-5-2-6-10-19/h1-10,20-21,27H,11-17H2,(H2,24,29)/t21-/m0/s1.